The van der Waals surface area contributed by atoms with E-state index in [1.807, 2.05) is 18.2 Å². The molecule has 0 aliphatic carbocycles. The van der Waals surface area contributed by atoms with Crippen LogP contribution in [0.15, 0.2) is 35.7 Å². The number of likely N-dealkylation sites (N-methyl/N-ethyl adjacent to an activating group) is 1. The van der Waals surface area contributed by atoms with Gasteiger partial charge in [-0.1, -0.05) is 23.7 Å². The fourth-order valence-electron chi connectivity index (χ4n) is 1.95. The van der Waals surface area contributed by atoms with Crippen molar-refractivity contribution in [3.05, 3.63) is 51.2 Å². The summed E-state index contributed by atoms with van der Waals surface area (Å²) < 4.78 is 0. The van der Waals surface area contributed by atoms with E-state index in [0.717, 1.165) is 24.2 Å². The molecule has 0 bridgehead atoms. The number of aliphatic hydroxyl groups is 1. The number of benzene rings is 1. The molecule has 1 aromatic heterocycles. The molecule has 0 spiro atoms. The average molecular weight is 296 g/mol. The van der Waals surface area contributed by atoms with Gasteiger partial charge in [-0.05, 0) is 42.5 Å². The Kier molecular flexibility index (Phi) is 4.86. The molecule has 0 saturated heterocycles. The second kappa shape index (κ2) is 6.42. The third-order valence-electron chi connectivity index (χ3n) is 3.15. The van der Waals surface area contributed by atoms with E-state index in [1.165, 1.54) is 4.88 Å². The number of aliphatic hydroxyl groups excluding tert-OH is 1. The Balaban J connectivity index is 2.03. The lowest BCUT2D eigenvalue weighted by Gasteiger charge is -2.20. The number of hydrogen-bond acceptors (Lipinski definition) is 3. The maximum Gasteiger partial charge on any atom is 0.0776 e. The van der Waals surface area contributed by atoms with Crippen LogP contribution in [0.1, 0.15) is 23.5 Å². The van der Waals surface area contributed by atoms with Gasteiger partial charge in [0.25, 0.3) is 0 Å². The lowest BCUT2D eigenvalue weighted by molar-refractivity contribution is 0.199. The molecule has 2 aromatic rings. The van der Waals surface area contributed by atoms with Crippen LogP contribution in [0.4, 0.5) is 5.69 Å². The van der Waals surface area contributed by atoms with E-state index in [0.29, 0.717) is 5.02 Å². The molecule has 1 aromatic carbocycles. The minimum Gasteiger partial charge on any atom is -0.389 e. The zero-order valence-corrected chi connectivity index (χ0v) is 12.7. The van der Waals surface area contributed by atoms with Gasteiger partial charge in [0.05, 0.1) is 6.10 Å². The highest BCUT2D eigenvalue weighted by molar-refractivity contribution is 7.09. The molecule has 1 heterocycles. The summed E-state index contributed by atoms with van der Waals surface area (Å²) in [5.74, 6) is 0. The van der Waals surface area contributed by atoms with E-state index >= 15 is 0 Å². The molecular weight excluding hydrogens is 278 g/mol. The number of nitrogens with zero attached hydrogens (tertiary/aromatic N) is 1. The zero-order chi connectivity index (χ0) is 13.8. The molecule has 1 unspecified atom stereocenters. The molecule has 1 N–H and O–H groups in total. The van der Waals surface area contributed by atoms with Crippen LogP contribution in [0.25, 0.3) is 0 Å². The molecule has 4 heteroatoms. The van der Waals surface area contributed by atoms with Crippen LogP contribution >= 0.6 is 22.9 Å². The van der Waals surface area contributed by atoms with Gasteiger partial charge in [0.1, 0.15) is 0 Å². The van der Waals surface area contributed by atoms with Crippen molar-refractivity contribution in [3.8, 4) is 0 Å². The highest BCUT2D eigenvalue weighted by atomic mass is 35.5. The quantitative estimate of drug-likeness (QED) is 0.896. The molecule has 0 fully saturated rings. The van der Waals surface area contributed by atoms with E-state index in [9.17, 15) is 5.11 Å². The molecule has 2 rings (SSSR count). The standard InChI is InChI=1S/C15H18ClNOS/c1-11(18)14-6-5-12(10-15(14)16)17(2)8-7-13-4-3-9-19-13/h3-6,9-11,18H,7-8H2,1-2H3. The van der Waals surface area contributed by atoms with Crippen molar-refractivity contribution in [3.63, 3.8) is 0 Å². The Hall–Kier alpha value is -1.03. The first-order valence-corrected chi connectivity index (χ1v) is 7.54. The third-order valence-corrected chi connectivity index (χ3v) is 4.41. The zero-order valence-electron chi connectivity index (χ0n) is 11.1. The van der Waals surface area contributed by atoms with Crippen molar-refractivity contribution >= 4 is 28.6 Å². The fraction of sp³-hybridized carbons (Fsp3) is 0.333. The molecule has 0 aliphatic heterocycles. The highest BCUT2D eigenvalue weighted by Crippen LogP contribution is 2.27. The lowest BCUT2D eigenvalue weighted by Crippen LogP contribution is -2.20. The first-order valence-electron chi connectivity index (χ1n) is 6.29. The minimum absolute atomic E-state index is 0.530. The Labute approximate surface area is 123 Å². The number of halogens is 1. The van der Waals surface area contributed by atoms with E-state index in [-0.39, 0.29) is 0 Å². The van der Waals surface area contributed by atoms with Crippen molar-refractivity contribution in [2.24, 2.45) is 0 Å². The smallest absolute Gasteiger partial charge is 0.0776 e. The van der Waals surface area contributed by atoms with E-state index < -0.39 is 6.10 Å². The van der Waals surface area contributed by atoms with E-state index in [1.54, 1.807) is 18.3 Å². The van der Waals surface area contributed by atoms with Crippen LogP contribution in [-0.2, 0) is 6.42 Å². The molecule has 2 nitrogen and oxygen atoms in total. The predicted molar refractivity (Wildman–Crippen MR) is 83.4 cm³/mol. The highest BCUT2D eigenvalue weighted by Gasteiger charge is 2.09. The normalized spacial score (nSPS) is 12.4. The molecule has 19 heavy (non-hydrogen) atoms. The Morgan fingerprint density at radius 3 is 2.74 bits per heavy atom. The largest absolute Gasteiger partial charge is 0.389 e. The number of thiophene rings is 1. The summed E-state index contributed by atoms with van der Waals surface area (Å²) in [6.07, 6.45) is 0.502. The summed E-state index contributed by atoms with van der Waals surface area (Å²) in [5, 5.41) is 12.3. The van der Waals surface area contributed by atoms with Crippen molar-refractivity contribution < 1.29 is 5.11 Å². The maximum atomic E-state index is 9.57. The second-order valence-corrected chi connectivity index (χ2v) is 6.07. The maximum absolute atomic E-state index is 9.57. The van der Waals surface area contributed by atoms with Gasteiger partial charge in [0.2, 0.25) is 0 Å². The van der Waals surface area contributed by atoms with Gasteiger partial charge in [0, 0.05) is 29.2 Å². The monoisotopic (exact) mass is 295 g/mol. The van der Waals surface area contributed by atoms with Crippen LogP contribution in [-0.4, -0.2) is 18.7 Å². The molecule has 0 radical (unpaired) electrons. The van der Waals surface area contributed by atoms with Gasteiger partial charge in [-0.15, -0.1) is 11.3 Å². The van der Waals surface area contributed by atoms with Crippen molar-refractivity contribution in [1.82, 2.24) is 0 Å². The molecule has 0 saturated carbocycles. The van der Waals surface area contributed by atoms with Gasteiger partial charge in [-0.25, -0.2) is 0 Å². The van der Waals surface area contributed by atoms with E-state index in [4.69, 9.17) is 11.6 Å². The minimum atomic E-state index is -0.530. The molecule has 0 amide bonds. The first kappa shape index (κ1) is 14.4. The summed E-state index contributed by atoms with van der Waals surface area (Å²) in [6.45, 7) is 2.67. The van der Waals surface area contributed by atoms with Crippen LogP contribution in [0.2, 0.25) is 5.02 Å². The Morgan fingerprint density at radius 1 is 1.37 bits per heavy atom. The lowest BCUT2D eigenvalue weighted by atomic mass is 10.1. The molecule has 102 valence electrons. The number of rotatable bonds is 5. The van der Waals surface area contributed by atoms with Gasteiger partial charge in [0.15, 0.2) is 0 Å². The molecular formula is C15H18ClNOS. The number of anilines is 1. The first-order chi connectivity index (χ1) is 9.08. The average Bonchev–Trinajstić information content (AvgIpc) is 2.88. The second-order valence-electron chi connectivity index (χ2n) is 4.63. The van der Waals surface area contributed by atoms with Crippen LogP contribution in [0, 0.1) is 0 Å². The fourth-order valence-corrected chi connectivity index (χ4v) is 2.99. The van der Waals surface area contributed by atoms with Gasteiger partial charge < -0.3 is 10.0 Å². The molecule has 1 atom stereocenters. The molecule has 0 aliphatic rings. The predicted octanol–water partition coefficient (Wildman–Crippen LogP) is 4.13. The van der Waals surface area contributed by atoms with Gasteiger partial charge >= 0.3 is 0 Å². The topological polar surface area (TPSA) is 23.5 Å². The summed E-state index contributed by atoms with van der Waals surface area (Å²) in [4.78, 5) is 3.57. The van der Waals surface area contributed by atoms with Crippen LogP contribution < -0.4 is 4.90 Å². The Morgan fingerprint density at radius 2 is 2.16 bits per heavy atom. The van der Waals surface area contributed by atoms with Crippen LogP contribution in [0.5, 0.6) is 0 Å². The van der Waals surface area contributed by atoms with Crippen LogP contribution in [0.3, 0.4) is 0 Å². The van der Waals surface area contributed by atoms with Crippen molar-refractivity contribution in [1.29, 1.82) is 0 Å². The van der Waals surface area contributed by atoms with Gasteiger partial charge in [-0.2, -0.15) is 0 Å². The van der Waals surface area contributed by atoms with Crippen molar-refractivity contribution in [2.75, 3.05) is 18.5 Å². The summed E-state index contributed by atoms with van der Waals surface area (Å²) >= 11 is 7.97. The van der Waals surface area contributed by atoms with Gasteiger partial charge in [-0.3, -0.25) is 0 Å². The third kappa shape index (κ3) is 3.72. The van der Waals surface area contributed by atoms with Crippen molar-refractivity contribution in [2.45, 2.75) is 19.4 Å². The van der Waals surface area contributed by atoms with E-state index in [2.05, 4.69) is 29.5 Å². The summed E-state index contributed by atoms with van der Waals surface area (Å²) in [6, 6.07) is 10.0. The SMILES string of the molecule is CC(O)c1ccc(N(C)CCc2cccs2)cc1Cl. The summed E-state index contributed by atoms with van der Waals surface area (Å²) in [5.41, 5.74) is 1.85. The Bertz CT molecular complexity index is 525. The summed E-state index contributed by atoms with van der Waals surface area (Å²) in [7, 11) is 2.06. The number of hydrogen-bond donors (Lipinski definition) is 1.